The summed E-state index contributed by atoms with van der Waals surface area (Å²) >= 11 is 0. The van der Waals surface area contributed by atoms with Gasteiger partial charge in [-0.25, -0.2) is 4.79 Å². The Balaban J connectivity index is 3.96. The van der Waals surface area contributed by atoms with Crippen LogP contribution in [-0.2, 0) is 14.2 Å². The molecule has 0 bridgehead atoms. The van der Waals surface area contributed by atoms with Crippen LogP contribution in [0.2, 0.25) is 0 Å². The molecule has 21 heavy (non-hydrogen) atoms. The van der Waals surface area contributed by atoms with E-state index < -0.39 is 11.7 Å². The smallest absolute Gasteiger partial charge is 0.407 e. The van der Waals surface area contributed by atoms with E-state index in [0.717, 1.165) is 12.8 Å². The Hall–Kier alpha value is -0.850. The monoisotopic (exact) mass is 305 g/mol. The van der Waals surface area contributed by atoms with Gasteiger partial charge >= 0.3 is 6.09 Å². The summed E-state index contributed by atoms with van der Waals surface area (Å²) < 4.78 is 15.5. The minimum absolute atomic E-state index is 0.000862. The van der Waals surface area contributed by atoms with Crippen molar-refractivity contribution in [3.8, 4) is 0 Å². The lowest BCUT2D eigenvalue weighted by molar-refractivity contribution is 0.0436. The molecule has 0 aliphatic heterocycles. The summed E-state index contributed by atoms with van der Waals surface area (Å²) in [6.07, 6.45) is 1.11. The van der Waals surface area contributed by atoms with Gasteiger partial charge in [0.05, 0.1) is 19.8 Å². The minimum atomic E-state index is -0.519. The number of carbonyl (C=O) groups excluding carboxylic acids is 1. The van der Waals surface area contributed by atoms with Gasteiger partial charge in [0.15, 0.2) is 0 Å². The molecule has 0 heterocycles. The van der Waals surface area contributed by atoms with Crippen LogP contribution in [0.5, 0.6) is 0 Å². The van der Waals surface area contributed by atoms with Crippen LogP contribution in [-0.4, -0.2) is 56.9 Å². The molecule has 2 N–H and O–H groups in total. The first-order valence-corrected chi connectivity index (χ1v) is 7.37. The molecule has 0 aromatic rings. The molecule has 1 unspecified atom stereocenters. The molecule has 0 aliphatic carbocycles. The number of rotatable bonds is 10. The summed E-state index contributed by atoms with van der Waals surface area (Å²) in [7, 11) is 1.63. The Morgan fingerprint density at radius 3 is 2.33 bits per heavy atom. The van der Waals surface area contributed by atoms with Crippen molar-refractivity contribution >= 4 is 6.09 Å². The largest absolute Gasteiger partial charge is 0.444 e. The number of ether oxygens (including phenoxy) is 3. The molecule has 0 aromatic carbocycles. The first-order valence-electron chi connectivity index (χ1n) is 7.37. The predicted octanol–water partition coefficient (Wildman–Crippen LogP) is 1.95. The highest BCUT2D eigenvalue weighted by molar-refractivity contribution is 5.67. The summed E-state index contributed by atoms with van der Waals surface area (Å²) in [5.74, 6) is 0. The number of methoxy groups -OCH3 is 1. The lowest BCUT2D eigenvalue weighted by Crippen LogP contribution is -2.40. The second-order valence-corrected chi connectivity index (χ2v) is 6.53. The summed E-state index contributed by atoms with van der Waals surface area (Å²) in [6, 6.07) is 0. The van der Waals surface area contributed by atoms with Crippen molar-refractivity contribution in [2.24, 2.45) is 5.41 Å². The van der Waals surface area contributed by atoms with Crippen LogP contribution in [0, 0.1) is 5.41 Å². The molecular formula is C15H31NO5. The molecular weight excluding hydrogens is 274 g/mol. The topological polar surface area (TPSA) is 77.0 Å². The van der Waals surface area contributed by atoms with Crippen molar-refractivity contribution in [2.45, 2.75) is 46.1 Å². The molecule has 0 saturated carbocycles. The third-order valence-electron chi connectivity index (χ3n) is 2.94. The molecule has 0 aliphatic rings. The summed E-state index contributed by atoms with van der Waals surface area (Å²) in [5.41, 5.74) is -0.892. The fourth-order valence-corrected chi connectivity index (χ4v) is 1.67. The van der Waals surface area contributed by atoms with Crippen LogP contribution in [0.4, 0.5) is 4.79 Å². The molecule has 0 radical (unpaired) electrons. The molecule has 6 nitrogen and oxygen atoms in total. The van der Waals surface area contributed by atoms with E-state index in [1.165, 1.54) is 0 Å². The van der Waals surface area contributed by atoms with E-state index in [0.29, 0.717) is 26.4 Å². The average Bonchev–Trinajstić information content (AvgIpc) is 2.39. The van der Waals surface area contributed by atoms with E-state index >= 15 is 0 Å². The highest BCUT2D eigenvalue weighted by Crippen LogP contribution is 2.21. The average molecular weight is 305 g/mol. The zero-order valence-corrected chi connectivity index (χ0v) is 14.0. The van der Waals surface area contributed by atoms with Crippen LogP contribution >= 0.6 is 0 Å². The van der Waals surface area contributed by atoms with E-state index in [1.54, 1.807) is 7.11 Å². The van der Waals surface area contributed by atoms with E-state index in [4.69, 9.17) is 14.2 Å². The minimum Gasteiger partial charge on any atom is -0.444 e. The molecule has 126 valence electrons. The molecule has 0 fully saturated rings. The Bertz CT molecular complexity index is 290. The number of aliphatic hydroxyl groups is 1. The summed E-state index contributed by atoms with van der Waals surface area (Å²) in [5, 5.41) is 12.2. The van der Waals surface area contributed by atoms with Crippen LogP contribution in [0.1, 0.15) is 40.5 Å². The van der Waals surface area contributed by atoms with E-state index in [-0.39, 0.29) is 12.0 Å². The highest BCUT2D eigenvalue weighted by atomic mass is 16.6. The summed E-state index contributed by atoms with van der Waals surface area (Å²) in [6.45, 7) is 9.52. The second-order valence-electron chi connectivity index (χ2n) is 6.53. The zero-order valence-electron chi connectivity index (χ0n) is 14.0. The van der Waals surface area contributed by atoms with Crippen molar-refractivity contribution in [3.05, 3.63) is 0 Å². The Kier molecular flexibility index (Phi) is 9.57. The normalized spacial score (nSPS) is 14.6. The van der Waals surface area contributed by atoms with E-state index in [1.807, 2.05) is 27.7 Å². The molecule has 0 saturated heterocycles. The number of aliphatic hydroxyl groups excluding tert-OH is 1. The van der Waals surface area contributed by atoms with Crippen molar-refractivity contribution in [1.29, 1.82) is 0 Å². The van der Waals surface area contributed by atoms with Gasteiger partial charge in [-0.1, -0.05) is 6.92 Å². The first-order chi connectivity index (χ1) is 9.72. The first kappa shape index (κ1) is 20.1. The van der Waals surface area contributed by atoms with Crippen LogP contribution < -0.4 is 5.32 Å². The van der Waals surface area contributed by atoms with Gasteiger partial charge in [0.25, 0.3) is 0 Å². The lowest BCUT2D eigenvalue weighted by atomic mass is 9.86. The number of alkyl carbamates (subject to hydrolysis) is 1. The Morgan fingerprint density at radius 1 is 1.14 bits per heavy atom. The van der Waals surface area contributed by atoms with Crippen molar-refractivity contribution in [1.82, 2.24) is 5.32 Å². The molecule has 0 rings (SSSR count). The van der Waals surface area contributed by atoms with Crippen LogP contribution in [0.3, 0.4) is 0 Å². The Labute approximate surface area is 128 Å². The van der Waals surface area contributed by atoms with E-state index in [2.05, 4.69) is 5.32 Å². The lowest BCUT2D eigenvalue weighted by Gasteiger charge is -2.28. The fourth-order valence-electron chi connectivity index (χ4n) is 1.67. The molecule has 1 amide bonds. The van der Waals surface area contributed by atoms with Crippen molar-refractivity contribution in [3.63, 3.8) is 0 Å². The Morgan fingerprint density at radius 2 is 1.81 bits per heavy atom. The number of carbonyl (C=O) groups is 1. The third kappa shape index (κ3) is 11.5. The third-order valence-corrected chi connectivity index (χ3v) is 2.94. The maximum atomic E-state index is 11.6. The van der Waals surface area contributed by atoms with Crippen LogP contribution in [0.25, 0.3) is 0 Å². The molecule has 0 spiro atoms. The number of hydrogen-bond acceptors (Lipinski definition) is 5. The maximum Gasteiger partial charge on any atom is 0.407 e. The molecule has 1 atom stereocenters. The number of amides is 1. The van der Waals surface area contributed by atoms with Gasteiger partial charge in [0, 0.05) is 25.7 Å². The number of nitrogens with one attached hydrogen (secondary N) is 1. The molecule has 0 aromatic heterocycles. The van der Waals surface area contributed by atoms with Gasteiger partial charge < -0.3 is 24.6 Å². The fraction of sp³-hybridized carbons (Fsp3) is 0.933. The van der Waals surface area contributed by atoms with Crippen LogP contribution in [0.15, 0.2) is 0 Å². The standard InChI is InChI=1S/C15H31NO5/c1-14(2,3)21-13(18)16-11-15(4,12-17)7-6-8-20-10-9-19-5/h17H,6-12H2,1-5H3,(H,16,18). The highest BCUT2D eigenvalue weighted by Gasteiger charge is 2.25. The van der Waals surface area contributed by atoms with Crippen molar-refractivity contribution in [2.75, 3.05) is 40.1 Å². The van der Waals surface area contributed by atoms with Gasteiger partial charge in [-0.3, -0.25) is 0 Å². The van der Waals surface area contributed by atoms with E-state index in [9.17, 15) is 9.90 Å². The second kappa shape index (κ2) is 9.97. The quantitative estimate of drug-likeness (QED) is 0.603. The predicted molar refractivity (Wildman–Crippen MR) is 81.4 cm³/mol. The summed E-state index contributed by atoms with van der Waals surface area (Å²) in [4.78, 5) is 11.6. The molecule has 6 heteroatoms. The number of hydrogen-bond donors (Lipinski definition) is 2. The van der Waals surface area contributed by atoms with Gasteiger partial charge in [0.1, 0.15) is 5.60 Å². The van der Waals surface area contributed by atoms with Gasteiger partial charge in [0.2, 0.25) is 0 Å². The maximum absolute atomic E-state index is 11.6. The SMILES string of the molecule is COCCOCCCC(C)(CO)CNC(=O)OC(C)(C)C. The van der Waals surface area contributed by atoms with Gasteiger partial charge in [-0.15, -0.1) is 0 Å². The zero-order chi connectivity index (χ0) is 16.4. The van der Waals surface area contributed by atoms with Gasteiger partial charge in [-0.05, 0) is 33.6 Å². The van der Waals surface area contributed by atoms with Crippen molar-refractivity contribution < 1.29 is 24.1 Å². The van der Waals surface area contributed by atoms with Gasteiger partial charge in [-0.2, -0.15) is 0 Å².